The van der Waals surface area contributed by atoms with Crippen LogP contribution in [0.4, 0.5) is 5.69 Å². The van der Waals surface area contributed by atoms with Gasteiger partial charge < -0.3 is 19.5 Å². The SMILES string of the molecule is CCOC(=O)c1ccc(N=C2S[C@@H](CC(=O)NC)C(=O)N2Cc2ccc(OC)c(OC)c2)cc1. The van der Waals surface area contributed by atoms with E-state index in [2.05, 4.69) is 10.3 Å². The molecule has 1 aliphatic heterocycles. The fraction of sp³-hybridized carbons (Fsp3) is 0.333. The maximum Gasteiger partial charge on any atom is 0.338 e. The number of nitrogens with zero attached hydrogens (tertiary/aromatic N) is 2. The molecule has 0 bridgehead atoms. The van der Waals surface area contributed by atoms with Crippen LogP contribution in [0.25, 0.3) is 0 Å². The number of ether oxygens (including phenoxy) is 3. The summed E-state index contributed by atoms with van der Waals surface area (Å²) in [4.78, 5) is 43.2. The van der Waals surface area contributed by atoms with Crippen molar-refractivity contribution in [3.8, 4) is 11.5 Å². The molecule has 2 amide bonds. The molecule has 0 spiro atoms. The van der Waals surface area contributed by atoms with Gasteiger partial charge in [-0.2, -0.15) is 0 Å². The minimum atomic E-state index is -0.586. The molecule has 1 atom stereocenters. The summed E-state index contributed by atoms with van der Waals surface area (Å²) in [5, 5.41) is 2.44. The highest BCUT2D eigenvalue weighted by atomic mass is 32.2. The third-order valence-corrected chi connectivity index (χ3v) is 6.24. The Bertz CT molecular complexity index is 1090. The zero-order valence-corrected chi connectivity index (χ0v) is 20.3. The number of aliphatic imine (C=N–C) groups is 1. The fourth-order valence-electron chi connectivity index (χ4n) is 3.30. The Morgan fingerprint density at radius 1 is 1.09 bits per heavy atom. The van der Waals surface area contributed by atoms with Gasteiger partial charge in [0.2, 0.25) is 11.8 Å². The highest BCUT2D eigenvalue weighted by molar-refractivity contribution is 8.15. The molecule has 1 N–H and O–H groups in total. The van der Waals surface area contributed by atoms with Crippen molar-refractivity contribution in [3.63, 3.8) is 0 Å². The second-order valence-corrected chi connectivity index (χ2v) is 8.43. The molecule has 180 valence electrons. The van der Waals surface area contributed by atoms with E-state index in [1.54, 1.807) is 62.4 Å². The van der Waals surface area contributed by atoms with Crippen LogP contribution in [0.15, 0.2) is 47.5 Å². The molecule has 1 fully saturated rings. The summed E-state index contributed by atoms with van der Waals surface area (Å²) in [7, 11) is 4.64. The normalized spacial score (nSPS) is 16.5. The van der Waals surface area contributed by atoms with Gasteiger partial charge in [-0.1, -0.05) is 17.8 Å². The monoisotopic (exact) mass is 485 g/mol. The average molecular weight is 486 g/mol. The predicted octanol–water partition coefficient (Wildman–Crippen LogP) is 3.15. The van der Waals surface area contributed by atoms with Gasteiger partial charge in [-0.05, 0) is 48.9 Å². The van der Waals surface area contributed by atoms with E-state index in [4.69, 9.17) is 14.2 Å². The van der Waals surface area contributed by atoms with E-state index in [9.17, 15) is 14.4 Å². The van der Waals surface area contributed by atoms with E-state index in [-0.39, 0.29) is 24.8 Å². The predicted molar refractivity (Wildman–Crippen MR) is 130 cm³/mol. The van der Waals surface area contributed by atoms with Crippen LogP contribution in [0, 0.1) is 0 Å². The molecule has 1 aliphatic rings. The van der Waals surface area contributed by atoms with Crippen LogP contribution in [0.2, 0.25) is 0 Å². The van der Waals surface area contributed by atoms with Crippen LogP contribution in [0.3, 0.4) is 0 Å². The van der Waals surface area contributed by atoms with Crippen molar-refractivity contribution in [3.05, 3.63) is 53.6 Å². The summed E-state index contributed by atoms with van der Waals surface area (Å²) < 4.78 is 15.7. The number of amides is 2. The lowest BCUT2D eigenvalue weighted by atomic mass is 10.1. The van der Waals surface area contributed by atoms with Crippen molar-refractivity contribution in [2.75, 3.05) is 27.9 Å². The molecule has 0 unspecified atom stereocenters. The van der Waals surface area contributed by atoms with E-state index in [0.29, 0.717) is 34.5 Å². The fourth-order valence-corrected chi connectivity index (χ4v) is 4.46. The van der Waals surface area contributed by atoms with Gasteiger partial charge in [0.15, 0.2) is 16.7 Å². The first-order valence-electron chi connectivity index (χ1n) is 10.7. The number of rotatable bonds is 9. The number of nitrogens with one attached hydrogen (secondary N) is 1. The first kappa shape index (κ1) is 25.1. The number of amidine groups is 1. The summed E-state index contributed by atoms with van der Waals surface area (Å²) in [5.41, 5.74) is 1.81. The molecule has 0 saturated carbocycles. The molecule has 0 aromatic heterocycles. The molecule has 2 aromatic carbocycles. The van der Waals surface area contributed by atoms with Crippen molar-refractivity contribution < 1.29 is 28.6 Å². The second kappa shape index (κ2) is 11.6. The largest absolute Gasteiger partial charge is 0.493 e. The van der Waals surface area contributed by atoms with Crippen LogP contribution in [0.1, 0.15) is 29.3 Å². The molecule has 9 nitrogen and oxygen atoms in total. The molecule has 0 aliphatic carbocycles. The molecule has 0 radical (unpaired) electrons. The zero-order valence-electron chi connectivity index (χ0n) is 19.5. The third kappa shape index (κ3) is 5.88. The first-order valence-corrected chi connectivity index (χ1v) is 11.5. The Hall–Kier alpha value is -3.53. The van der Waals surface area contributed by atoms with Gasteiger partial charge in [-0.15, -0.1) is 0 Å². The van der Waals surface area contributed by atoms with Gasteiger partial charge in [0, 0.05) is 13.5 Å². The minimum absolute atomic E-state index is 0.0449. The Kier molecular flexibility index (Phi) is 8.53. The minimum Gasteiger partial charge on any atom is -0.493 e. The Morgan fingerprint density at radius 2 is 1.79 bits per heavy atom. The van der Waals surface area contributed by atoms with Crippen molar-refractivity contribution in [2.24, 2.45) is 4.99 Å². The van der Waals surface area contributed by atoms with E-state index >= 15 is 0 Å². The van der Waals surface area contributed by atoms with Crippen LogP contribution >= 0.6 is 11.8 Å². The van der Waals surface area contributed by atoms with Gasteiger partial charge in [0.05, 0.1) is 38.6 Å². The highest BCUT2D eigenvalue weighted by Gasteiger charge is 2.39. The molecule has 1 saturated heterocycles. The van der Waals surface area contributed by atoms with Crippen molar-refractivity contribution in [1.82, 2.24) is 10.2 Å². The zero-order chi connectivity index (χ0) is 24.7. The van der Waals surface area contributed by atoms with Crippen molar-refractivity contribution >= 4 is 40.4 Å². The molecular weight excluding hydrogens is 458 g/mol. The smallest absolute Gasteiger partial charge is 0.338 e. The van der Waals surface area contributed by atoms with Crippen LogP contribution < -0.4 is 14.8 Å². The number of benzene rings is 2. The maximum atomic E-state index is 13.2. The van der Waals surface area contributed by atoms with Crippen molar-refractivity contribution in [1.29, 1.82) is 0 Å². The van der Waals surface area contributed by atoms with Crippen molar-refractivity contribution in [2.45, 2.75) is 25.1 Å². The lowest BCUT2D eigenvalue weighted by Gasteiger charge is -2.18. The van der Waals surface area contributed by atoms with E-state index in [0.717, 1.165) is 5.56 Å². The average Bonchev–Trinajstić information content (AvgIpc) is 3.13. The number of carbonyl (C=O) groups excluding carboxylic acids is 3. The van der Waals surface area contributed by atoms with Crippen LogP contribution in [-0.4, -0.2) is 61.0 Å². The maximum absolute atomic E-state index is 13.2. The first-order chi connectivity index (χ1) is 16.4. The summed E-state index contributed by atoms with van der Waals surface area (Å²) in [6.07, 6.45) is 0.0449. The van der Waals surface area contributed by atoms with E-state index < -0.39 is 11.2 Å². The molecule has 2 aromatic rings. The summed E-state index contributed by atoms with van der Waals surface area (Å²) >= 11 is 1.24. The number of hydrogen-bond acceptors (Lipinski definition) is 8. The number of hydrogen-bond donors (Lipinski definition) is 1. The van der Waals surface area contributed by atoms with E-state index in [1.807, 2.05) is 6.07 Å². The quantitative estimate of drug-likeness (QED) is 0.544. The molecular formula is C24H27N3O6S. The topological polar surface area (TPSA) is 107 Å². The molecule has 1 heterocycles. The number of methoxy groups -OCH3 is 2. The Balaban J connectivity index is 1.90. The molecule has 3 rings (SSSR count). The summed E-state index contributed by atoms with van der Waals surface area (Å²) in [6, 6.07) is 12.0. The van der Waals surface area contributed by atoms with Gasteiger partial charge in [0.25, 0.3) is 0 Å². The Morgan fingerprint density at radius 3 is 2.41 bits per heavy atom. The van der Waals surface area contributed by atoms with Gasteiger partial charge in [-0.3, -0.25) is 14.5 Å². The lowest BCUT2D eigenvalue weighted by Crippen LogP contribution is -2.33. The lowest BCUT2D eigenvalue weighted by molar-refractivity contribution is -0.129. The highest BCUT2D eigenvalue weighted by Crippen LogP contribution is 2.34. The second-order valence-electron chi connectivity index (χ2n) is 7.26. The molecule has 10 heteroatoms. The van der Waals surface area contributed by atoms with Crippen LogP contribution in [-0.2, 0) is 20.9 Å². The summed E-state index contributed by atoms with van der Waals surface area (Å²) in [5.74, 6) is 0.297. The standard InChI is InChI=1S/C24H27N3O6S/c1-5-33-23(30)16-7-9-17(10-8-16)26-24-27(22(29)20(34-24)13-21(28)25-2)14-15-6-11-18(31-3)19(12-15)32-4/h6-12,20H,5,13-14H2,1-4H3,(H,25,28)/t20-/m0/s1. The number of esters is 1. The van der Waals surface area contributed by atoms with Gasteiger partial charge in [0.1, 0.15) is 5.25 Å². The number of thioether (sulfide) groups is 1. The molecule has 34 heavy (non-hydrogen) atoms. The van der Waals surface area contributed by atoms with Crippen LogP contribution in [0.5, 0.6) is 11.5 Å². The summed E-state index contributed by atoms with van der Waals surface area (Å²) in [6.45, 7) is 2.28. The number of carbonyl (C=O) groups is 3. The van der Waals surface area contributed by atoms with E-state index in [1.165, 1.54) is 18.8 Å². The van der Waals surface area contributed by atoms with Gasteiger partial charge >= 0.3 is 5.97 Å². The third-order valence-electron chi connectivity index (χ3n) is 5.06. The van der Waals surface area contributed by atoms with Gasteiger partial charge in [-0.25, -0.2) is 9.79 Å². The Labute approximate surface area is 202 Å².